The predicted molar refractivity (Wildman–Crippen MR) is 71.2 cm³/mol. The first-order valence-corrected chi connectivity index (χ1v) is 7.25. The van der Waals surface area contributed by atoms with Gasteiger partial charge in [-0.2, -0.15) is 0 Å². The highest BCUT2D eigenvalue weighted by molar-refractivity contribution is 5.82. The van der Waals surface area contributed by atoms with Crippen molar-refractivity contribution in [1.29, 1.82) is 0 Å². The number of nitrogens with zero attached hydrogens (tertiary/aromatic N) is 1. The molecule has 0 spiro atoms. The summed E-state index contributed by atoms with van der Waals surface area (Å²) in [4.78, 5) is 14.4. The van der Waals surface area contributed by atoms with Gasteiger partial charge in [0.25, 0.3) is 0 Å². The molecule has 4 unspecified atom stereocenters. The van der Waals surface area contributed by atoms with E-state index < -0.39 is 0 Å². The maximum atomic E-state index is 12.4. The van der Waals surface area contributed by atoms with Crippen LogP contribution in [0, 0.1) is 11.8 Å². The van der Waals surface area contributed by atoms with Crippen molar-refractivity contribution >= 4 is 5.91 Å². The van der Waals surface area contributed by atoms with E-state index >= 15 is 0 Å². The van der Waals surface area contributed by atoms with Gasteiger partial charge in [-0.3, -0.25) is 4.79 Å². The Morgan fingerprint density at radius 1 is 1.39 bits per heavy atom. The number of hydrogen-bond acceptors (Lipinski definition) is 3. The van der Waals surface area contributed by atoms with E-state index in [-0.39, 0.29) is 18.6 Å². The molecule has 2 N–H and O–H groups in total. The maximum absolute atomic E-state index is 12.4. The van der Waals surface area contributed by atoms with E-state index in [4.69, 9.17) is 5.11 Å². The molecule has 104 valence electrons. The molecule has 0 saturated carbocycles. The first-order chi connectivity index (χ1) is 8.60. The number of carbonyl (C=O) groups excluding carboxylic acids is 1. The van der Waals surface area contributed by atoms with Gasteiger partial charge in [-0.1, -0.05) is 6.92 Å². The molecule has 2 saturated heterocycles. The number of nitrogens with one attached hydrogen (secondary N) is 1. The predicted octanol–water partition coefficient (Wildman–Crippen LogP) is 0.994. The fourth-order valence-corrected chi connectivity index (χ4v) is 3.43. The van der Waals surface area contributed by atoms with Gasteiger partial charge in [0.05, 0.1) is 6.04 Å². The van der Waals surface area contributed by atoms with Gasteiger partial charge in [0.1, 0.15) is 0 Å². The number of likely N-dealkylation sites (tertiary alicyclic amines) is 1. The summed E-state index contributed by atoms with van der Waals surface area (Å²) in [5.41, 5.74) is 0. The molecule has 0 aromatic heterocycles. The van der Waals surface area contributed by atoms with Crippen LogP contribution in [-0.2, 0) is 4.79 Å². The Bertz CT molecular complexity index is 286. The molecule has 2 heterocycles. The molecule has 18 heavy (non-hydrogen) atoms. The minimum Gasteiger partial charge on any atom is -0.396 e. The smallest absolute Gasteiger partial charge is 0.239 e. The molecule has 2 aliphatic rings. The zero-order chi connectivity index (χ0) is 13.1. The zero-order valence-corrected chi connectivity index (χ0v) is 11.6. The van der Waals surface area contributed by atoms with Gasteiger partial charge < -0.3 is 15.3 Å². The van der Waals surface area contributed by atoms with Crippen molar-refractivity contribution in [2.75, 3.05) is 19.7 Å². The Kier molecular flexibility index (Phi) is 4.62. The minimum absolute atomic E-state index is 0.0108. The molecule has 4 atom stereocenters. The van der Waals surface area contributed by atoms with Gasteiger partial charge in [-0.25, -0.2) is 0 Å². The lowest BCUT2D eigenvalue weighted by Crippen LogP contribution is -2.52. The molecular formula is C14H26N2O2. The van der Waals surface area contributed by atoms with E-state index in [1.807, 2.05) is 4.90 Å². The molecule has 1 amide bonds. The van der Waals surface area contributed by atoms with E-state index in [1.54, 1.807) is 0 Å². The second kappa shape index (κ2) is 6.02. The van der Waals surface area contributed by atoms with Crippen LogP contribution in [0.4, 0.5) is 0 Å². The summed E-state index contributed by atoms with van der Waals surface area (Å²) in [5.74, 6) is 1.40. The van der Waals surface area contributed by atoms with Gasteiger partial charge in [-0.15, -0.1) is 0 Å². The SMILES string of the molecule is CC1CC(C)NC(C(=O)N2CCC(CCO)C2)C1. The van der Waals surface area contributed by atoms with Crippen LogP contribution < -0.4 is 5.32 Å². The van der Waals surface area contributed by atoms with Crippen molar-refractivity contribution in [2.24, 2.45) is 11.8 Å². The molecule has 2 aliphatic heterocycles. The van der Waals surface area contributed by atoms with Crippen molar-refractivity contribution in [3.63, 3.8) is 0 Å². The van der Waals surface area contributed by atoms with Crippen molar-refractivity contribution < 1.29 is 9.90 Å². The first-order valence-electron chi connectivity index (χ1n) is 7.25. The maximum Gasteiger partial charge on any atom is 0.239 e. The van der Waals surface area contributed by atoms with Gasteiger partial charge in [0.2, 0.25) is 5.91 Å². The van der Waals surface area contributed by atoms with Crippen LogP contribution >= 0.6 is 0 Å². The molecule has 0 aromatic rings. The van der Waals surface area contributed by atoms with Crippen molar-refractivity contribution in [2.45, 2.75) is 51.6 Å². The van der Waals surface area contributed by atoms with Crippen LogP contribution in [0.5, 0.6) is 0 Å². The quantitative estimate of drug-likeness (QED) is 0.790. The largest absolute Gasteiger partial charge is 0.396 e. The van der Waals surface area contributed by atoms with Crippen LogP contribution in [0.2, 0.25) is 0 Å². The van der Waals surface area contributed by atoms with Crippen LogP contribution in [0.1, 0.15) is 39.5 Å². The second-order valence-corrected chi connectivity index (χ2v) is 6.15. The van der Waals surface area contributed by atoms with Crippen molar-refractivity contribution in [3.05, 3.63) is 0 Å². The van der Waals surface area contributed by atoms with Crippen LogP contribution in [0.3, 0.4) is 0 Å². The van der Waals surface area contributed by atoms with E-state index in [0.717, 1.165) is 38.8 Å². The number of amides is 1. The summed E-state index contributed by atoms with van der Waals surface area (Å²) in [6, 6.07) is 0.454. The number of aliphatic hydroxyl groups is 1. The van der Waals surface area contributed by atoms with E-state index in [1.165, 1.54) is 0 Å². The standard InChI is InChI=1S/C14H26N2O2/c1-10-7-11(2)15-13(8-10)14(18)16-5-3-12(9-16)4-6-17/h10-13,15,17H,3-9H2,1-2H3. The highest BCUT2D eigenvalue weighted by Crippen LogP contribution is 2.24. The molecule has 4 heteroatoms. The molecule has 0 bridgehead atoms. The fraction of sp³-hybridized carbons (Fsp3) is 0.929. The molecule has 2 rings (SSSR count). The van der Waals surface area contributed by atoms with Gasteiger partial charge in [0, 0.05) is 25.7 Å². The topological polar surface area (TPSA) is 52.6 Å². The highest BCUT2D eigenvalue weighted by Gasteiger charge is 2.34. The second-order valence-electron chi connectivity index (χ2n) is 6.15. The Morgan fingerprint density at radius 2 is 2.17 bits per heavy atom. The van der Waals surface area contributed by atoms with Crippen LogP contribution in [0.25, 0.3) is 0 Å². The van der Waals surface area contributed by atoms with E-state index in [9.17, 15) is 4.79 Å². The summed E-state index contributed by atoms with van der Waals surface area (Å²) < 4.78 is 0. The number of rotatable bonds is 3. The minimum atomic E-state index is 0.0108. The Labute approximate surface area is 110 Å². The third-order valence-electron chi connectivity index (χ3n) is 4.31. The van der Waals surface area contributed by atoms with Crippen LogP contribution in [0.15, 0.2) is 0 Å². The highest BCUT2D eigenvalue weighted by atomic mass is 16.3. The lowest BCUT2D eigenvalue weighted by atomic mass is 9.89. The monoisotopic (exact) mass is 254 g/mol. The van der Waals surface area contributed by atoms with Crippen molar-refractivity contribution in [1.82, 2.24) is 10.2 Å². The molecule has 0 radical (unpaired) electrons. The Morgan fingerprint density at radius 3 is 2.83 bits per heavy atom. The lowest BCUT2D eigenvalue weighted by Gasteiger charge is -2.34. The molecule has 2 fully saturated rings. The first kappa shape index (κ1) is 13.8. The fourth-order valence-electron chi connectivity index (χ4n) is 3.43. The molecule has 0 aliphatic carbocycles. The third kappa shape index (κ3) is 3.23. The van der Waals surface area contributed by atoms with E-state index in [0.29, 0.717) is 17.9 Å². The average Bonchev–Trinajstić information content (AvgIpc) is 2.76. The lowest BCUT2D eigenvalue weighted by molar-refractivity contribution is -0.133. The van der Waals surface area contributed by atoms with Gasteiger partial charge >= 0.3 is 0 Å². The summed E-state index contributed by atoms with van der Waals surface area (Å²) in [6.45, 7) is 6.33. The van der Waals surface area contributed by atoms with Gasteiger partial charge in [-0.05, 0) is 44.4 Å². The zero-order valence-electron chi connectivity index (χ0n) is 11.6. The summed E-state index contributed by atoms with van der Waals surface area (Å²) in [6.07, 6.45) is 4.00. The van der Waals surface area contributed by atoms with Crippen LogP contribution in [-0.4, -0.2) is 47.7 Å². The normalized spacial score (nSPS) is 36.9. The number of hydrogen-bond donors (Lipinski definition) is 2. The Hall–Kier alpha value is -0.610. The molecular weight excluding hydrogens is 228 g/mol. The summed E-state index contributed by atoms with van der Waals surface area (Å²) in [7, 11) is 0. The number of carbonyl (C=O) groups is 1. The summed E-state index contributed by atoms with van der Waals surface area (Å²) >= 11 is 0. The number of aliphatic hydroxyl groups excluding tert-OH is 1. The van der Waals surface area contributed by atoms with Crippen molar-refractivity contribution in [3.8, 4) is 0 Å². The number of piperidine rings is 1. The molecule has 0 aromatic carbocycles. The van der Waals surface area contributed by atoms with Gasteiger partial charge in [0.15, 0.2) is 0 Å². The Balaban J connectivity index is 1.87. The third-order valence-corrected chi connectivity index (χ3v) is 4.31. The summed E-state index contributed by atoms with van der Waals surface area (Å²) in [5, 5.41) is 12.4. The van der Waals surface area contributed by atoms with E-state index in [2.05, 4.69) is 19.2 Å². The molecule has 4 nitrogen and oxygen atoms in total. The average molecular weight is 254 g/mol.